The van der Waals surface area contributed by atoms with Gasteiger partial charge in [0.25, 0.3) is 5.84 Å². The summed E-state index contributed by atoms with van der Waals surface area (Å²) in [5.74, 6) is 6.64. The van der Waals surface area contributed by atoms with E-state index in [1.807, 2.05) is 54.6 Å². The van der Waals surface area contributed by atoms with Crippen molar-refractivity contribution in [2.45, 2.75) is 39.2 Å². The van der Waals surface area contributed by atoms with Crippen molar-refractivity contribution in [1.29, 1.82) is 0 Å². The number of carboxylic acids is 1. The van der Waals surface area contributed by atoms with Crippen LogP contribution in [-0.2, 0) is 19.4 Å². The fourth-order valence-electron chi connectivity index (χ4n) is 4.38. The molecule has 1 heterocycles. The molecule has 0 saturated heterocycles. The number of nitrogens with two attached hydrogens (primary N) is 2. The Balaban J connectivity index is 1.61. The first-order chi connectivity index (χ1) is 19.9. The average molecular weight is 667 g/mol. The zero-order valence-electron chi connectivity index (χ0n) is 22.7. The minimum absolute atomic E-state index is 0.227. The van der Waals surface area contributed by atoms with Crippen LogP contribution in [0.15, 0.2) is 72.8 Å². The number of hydrogen-bond donors (Lipinski definition) is 6. The molecule has 4 rings (SSSR count). The van der Waals surface area contributed by atoms with Crippen molar-refractivity contribution in [1.82, 2.24) is 15.5 Å². The summed E-state index contributed by atoms with van der Waals surface area (Å²) in [4.78, 5) is 21.0. The molecule has 10 nitrogen and oxygen atoms in total. The Kier molecular flexibility index (Phi) is 10.5. The molecule has 11 heteroatoms. The number of aromatic nitrogens is 2. The van der Waals surface area contributed by atoms with Gasteiger partial charge in [-0.3, -0.25) is 5.73 Å². The van der Waals surface area contributed by atoms with Crippen molar-refractivity contribution < 1.29 is 19.7 Å². The monoisotopic (exact) mass is 666 g/mol. The molecule has 0 spiro atoms. The van der Waals surface area contributed by atoms with Gasteiger partial charge in [-0.25, -0.2) is 15.6 Å². The molecular weight excluding hydrogens is 633 g/mol. The zero-order valence-corrected chi connectivity index (χ0v) is 24.8. The van der Waals surface area contributed by atoms with E-state index in [1.54, 1.807) is 18.2 Å². The Hall–Kier alpha value is -4.23. The van der Waals surface area contributed by atoms with E-state index < -0.39 is 5.97 Å². The maximum absolute atomic E-state index is 11.5. The third-order valence-electron chi connectivity index (χ3n) is 6.48. The second-order valence-electron chi connectivity index (χ2n) is 9.37. The molecule has 4 aromatic rings. The molecule has 3 aromatic carbocycles. The van der Waals surface area contributed by atoms with Gasteiger partial charge in [0.2, 0.25) is 5.88 Å². The number of anilines is 1. The predicted molar refractivity (Wildman–Crippen MR) is 167 cm³/mol. The molecule has 0 aliphatic heterocycles. The van der Waals surface area contributed by atoms with E-state index in [1.165, 1.54) is 0 Å². The number of hydrazine groups is 2. The van der Waals surface area contributed by atoms with E-state index in [4.69, 9.17) is 26.3 Å². The Morgan fingerprint density at radius 2 is 1.83 bits per heavy atom. The number of hydrogen-bond acceptors (Lipinski definition) is 7. The highest BCUT2D eigenvalue weighted by atomic mass is 127. The number of nitrogens with zero attached hydrogens (tertiary/aromatic N) is 2. The number of benzene rings is 3. The number of amidine groups is 1. The first kappa shape index (κ1) is 29.7. The molecule has 0 unspecified atom stereocenters. The number of hydrazone groups is 1. The second kappa shape index (κ2) is 14.4. The van der Waals surface area contributed by atoms with Gasteiger partial charge >= 0.3 is 5.97 Å². The smallest absolute Gasteiger partial charge is 0.335 e. The fourth-order valence-corrected chi connectivity index (χ4v) is 4.82. The van der Waals surface area contributed by atoms with Gasteiger partial charge in [-0.15, -0.1) is 0 Å². The van der Waals surface area contributed by atoms with Crippen LogP contribution >= 0.6 is 22.9 Å². The van der Waals surface area contributed by atoms with Gasteiger partial charge in [0.15, 0.2) is 0 Å². The second-order valence-corrected chi connectivity index (χ2v) is 9.91. The van der Waals surface area contributed by atoms with Gasteiger partial charge < -0.3 is 13.4 Å². The number of rotatable bonds is 13. The topological polar surface area (TPSA) is 162 Å². The first-order valence-corrected chi connectivity index (χ1v) is 14.3. The van der Waals surface area contributed by atoms with Crippen molar-refractivity contribution >= 4 is 40.5 Å². The van der Waals surface area contributed by atoms with Gasteiger partial charge in [-0.2, -0.15) is 15.6 Å². The largest absolute Gasteiger partial charge is 0.478 e. The van der Waals surface area contributed by atoms with Crippen LogP contribution in [0.4, 0.5) is 5.82 Å². The normalized spacial score (nSPS) is 11.2. The molecule has 0 bridgehead atoms. The van der Waals surface area contributed by atoms with E-state index >= 15 is 0 Å². The number of nitrogens with one attached hydrogen (secondary N) is 3. The molecule has 0 radical (unpaired) electrons. The lowest BCUT2D eigenvalue weighted by Gasteiger charge is -2.16. The van der Waals surface area contributed by atoms with E-state index in [9.17, 15) is 9.90 Å². The highest BCUT2D eigenvalue weighted by Crippen LogP contribution is 2.29. The SMILES string of the molecule is CCCCc1nc(NI)c(Cc2cccc(C(=O)O)c2)c(OCc2ccc(-c3ccccc3/C(N)=[NH+]/NN)cc2)n1. The molecule has 212 valence electrons. The highest BCUT2D eigenvalue weighted by molar-refractivity contribution is 14.1. The third-order valence-corrected chi connectivity index (χ3v) is 6.99. The van der Waals surface area contributed by atoms with Gasteiger partial charge in [-0.1, -0.05) is 67.9 Å². The standard InChI is InChI=1S/C30H32IN7O3/c1-2-3-11-26-34-28(36-31)25(17-20-7-6-8-22(16-20)30(39)40)29(35-26)41-18-19-12-14-21(15-13-19)23-9-4-5-10-24(23)27(32)37-38-33/h4-10,12-16,38H,2-3,11,17-18,33H2,1H3,(H2,32,37)(H,39,40)(H,34,35,36)/p+1. The van der Waals surface area contributed by atoms with Crippen LogP contribution in [0.25, 0.3) is 11.1 Å². The van der Waals surface area contributed by atoms with Gasteiger partial charge in [0.1, 0.15) is 18.2 Å². The minimum atomic E-state index is -0.972. The first-order valence-electron chi connectivity index (χ1n) is 13.2. The molecule has 0 amide bonds. The summed E-state index contributed by atoms with van der Waals surface area (Å²) in [5, 5.41) is 12.2. The average Bonchev–Trinajstić information content (AvgIpc) is 3.00. The molecule has 0 atom stereocenters. The summed E-state index contributed by atoms with van der Waals surface area (Å²) in [6, 6.07) is 22.7. The molecule has 1 aromatic heterocycles. The maximum Gasteiger partial charge on any atom is 0.335 e. The maximum atomic E-state index is 11.5. The van der Waals surface area contributed by atoms with Crippen LogP contribution in [-0.4, -0.2) is 26.9 Å². The molecular formula is C30H33IN7O3+. The number of ether oxygens (including phenoxy) is 1. The van der Waals surface area contributed by atoms with Crippen LogP contribution in [0.1, 0.15) is 58.2 Å². The third kappa shape index (κ3) is 7.70. The van der Waals surface area contributed by atoms with Crippen LogP contribution in [0.5, 0.6) is 5.88 Å². The van der Waals surface area contributed by atoms with Crippen molar-refractivity contribution in [3.63, 3.8) is 0 Å². The summed E-state index contributed by atoms with van der Waals surface area (Å²) in [6.45, 7) is 2.42. The van der Waals surface area contributed by atoms with E-state index in [2.05, 4.69) is 44.0 Å². The summed E-state index contributed by atoms with van der Waals surface area (Å²) >= 11 is 2.06. The number of aryl methyl sites for hydroxylation is 1. The van der Waals surface area contributed by atoms with Crippen LogP contribution < -0.4 is 30.5 Å². The fraction of sp³-hybridized carbons (Fsp3) is 0.200. The van der Waals surface area contributed by atoms with Crippen LogP contribution in [0, 0.1) is 0 Å². The number of carbonyl (C=O) groups is 1. The molecule has 41 heavy (non-hydrogen) atoms. The number of aromatic carboxylic acids is 1. The Bertz CT molecular complexity index is 1530. The highest BCUT2D eigenvalue weighted by Gasteiger charge is 2.18. The quantitative estimate of drug-likeness (QED) is 0.0314. The van der Waals surface area contributed by atoms with Crippen LogP contribution in [0.3, 0.4) is 0 Å². The zero-order chi connectivity index (χ0) is 29.2. The van der Waals surface area contributed by atoms with Crippen molar-refractivity contribution in [3.8, 4) is 17.0 Å². The van der Waals surface area contributed by atoms with E-state index in [-0.39, 0.29) is 5.56 Å². The molecule has 0 fully saturated rings. The molecule has 0 aliphatic carbocycles. The molecule has 0 aliphatic rings. The summed E-state index contributed by atoms with van der Waals surface area (Å²) in [7, 11) is 0. The summed E-state index contributed by atoms with van der Waals surface area (Å²) in [5.41, 5.74) is 14.1. The van der Waals surface area contributed by atoms with Gasteiger partial charge in [0, 0.05) is 12.8 Å². The van der Waals surface area contributed by atoms with E-state index in [0.29, 0.717) is 36.4 Å². The number of unbranched alkanes of at least 4 members (excludes halogenated alkanes) is 1. The lowest BCUT2D eigenvalue weighted by molar-refractivity contribution is -0.528. The lowest BCUT2D eigenvalue weighted by atomic mass is 9.98. The lowest BCUT2D eigenvalue weighted by Crippen LogP contribution is -2.87. The Morgan fingerprint density at radius 3 is 2.54 bits per heavy atom. The van der Waals surface area contributed by atoms with E-state index in [0.717, 1.165) is 52.6 Å². The molecule has 0 saturated carbocycles. The number of halogens is 1. The Morgan fingerprint density at radius 1 is 1.05 bits per heavy atom. The number of nitrogen functional groups attached to an aromatic ring is 1. The summed E-state index contributed by atoms with van der Waals surface area (Å²) in [6.07, 6.45) is 3.13. The van der Waals surface area contributed by atoms with Crippen molar-refractivity contribution in [2.75, 3.05) is 3.53 Å². The van der Waals surface area contributed by atoms with Crippen molar-refractivity contribution in [3.05, 3.63) is 106 Å². The minimum Gasteiger partial charge on any atom is -0.478 e. The predicted octanol–water partition coefficient (Wildman–Crippen LogP) is 3.28. The van der Waals surface area contributed by atoms with Crippen LogP contribution in [0.2, 0.25) is 0 Å². The Labute approximate surface area is 252 Å². The summed E-state index contributed by atoms with van der Waals surface area (Å²) < 4.78 is 9.46. The molecule has 8 N–H and O–H groups in total. The van der Waals surface area contributed by atoms with Gasteiger partial charge in [-0.05, 0) is 46.9 Å². The van der Waals surface area contributed by atoms with Gasteiger partial charge in [0.05, 0.1) is 39.6 Å². The van der Waals surface area contributed by atoms with Crippen molar-refractivity contribution in [2.24, 2.45) is 11.6 Å². The number of carboxylic acid groups (broad SMARTS) is 1.